The number of carbonyl (C=O) groups is 2. The molecule has 0 saturated heterocycles. The Labute approximate surface area is 155 Å². The summed E-state index contributed by atoms with van der Waals surface area (Å²) in [6.45, 7) is 8.49. The van der Waals surface area contributed by atoms with E-state index in [0.29, 0.717) is 28.3 Å². The van der Waals surface area contributed by atoms with Crippen molar-refractivity contribution in [2.24, 2.45) is 0 Å². The van der Waals surface area contributed by atoms with Crippen LogP contribution < -0.4 is 5.32 Å². The third kappa shape index (κ3) is 3.18. The second-order valence-corrected chi connectivity index (χ2v) is 6.78. The molecule has 1 unspecified atom stereocenters. The maximum atomic E-state index is 13.0. The summed E-state index contributed by atoms with van der Waals surface area (Å²) in [6, 6.07) is 3.43. The molecule has 1 atom stereocenters. The molecule has 0 spiro atoms. The predicted octanol–water partition coefficient (Wildman–Crippen LogP) is 3.39. The fourth-order valence-corrected chi connectivity index (χ4v) is 2.91. The monoisotopic (exact) mass is 371 g/mol. The lowest BCUT2D eigenvalue weighted by atomic mass is 9.97. The number of carbonyl (C=O) groups excluding carboxylic acids is 1. The summed E-state index contributed by atoms with van der Waals surface area (Å²) in [7, 11) is 0. The molecular formula is C19H21N3O5. The molecule has 0 aliphatic carbocycles. The molecule has 0 radical (unpaired) electrons. The van der Waals surface area contributed by atoms with Crippen LogP contribution in [0.25, 0.3) is 22.4 Å². The molecule has 8 heteroatoms. The van der Waals surface area contributed by atoms with Crippen molar-refractivity contribution in [1.82, 2.24) is 15.5 Å². The molecule has 0 aliphatic rings. The fourth-order valence-electron chi connectivity index (χ4n) is 2.91. The summed E-state index contributed by atoms with van der Waals surface area (Å²) >= 11 is 0. The highest BCUT2D eigenvalue weighted by atomic mass is 16.5. The predicted molar refractivity (Wildman–Crippen MR) is 97.5 cm³/mol. The van der Waals surface area contributed by atoms with Gasteiger partial charge in [-0.05, 0) is 46.2 Å². The first kappa shape index (κ1) is 18.6. The van der Waals surface area contributed by atoms with E-state index < -0.39 is 17.4 Å². The van der Waals surface area contributed by atoms with Crippen LogP contribution in [-0.2, 0) is 4.79 Å². The summed E-state index contributed by atoms with van der Waals surface area (Å²) in [5.74, 6) is -0.258. The van der Waals surface area contributed by atoms with E-state index in [1.54, 1.807) is 26.8 Å². The van der Waals surface area contributed by atoms with Gasteiger partial charge in [0.25, 0.3) is 11.6 Å². The Morgan fingerprint density at radius 1 is 1.26 bits per heavy atom. The number of aliphatic carboxylic acids is 1. The molecule has 2 N–H and O–H groups in total. The molecule has 142 valence electrons. The number of pyridine rings is 1. The Morgan fingerprint density at radius 2 is 1.96 bits per heavy atom. The van der Waals surface area contributed by atoms with Gasteiger partial charge in [-0.15, -0.1) is 0 Å². The Balaban J connectivity index is 2.16. The number of amides is 1. The lowest BCUT2D eigenvalue weighted by Crippen LogP contribution is -2.51. The first-order chi connectivity index (χ1) is 12.7. The van der Waals surface area contributed by atoms with Crippen LogP contribution in [0.4, 0.5) is 0 Å². The van der Waals surface area contributed by atoms with Gasteiger partial charge in [-0.25, -0.2) is 9.78 Å². The largest absolute Gasteiger partial charge is 0.480 e. The highest BCUT2D eigenvalue weighted by Gasteiger charge is 2.34. The van der Waals surface area contributed by atoms with Gasteiger partial charge in [-0.2, -0.15) is 0 Å². The van der Waals surface area contributed by atoms with Crippen molar-refractivity contribution in [3.8, 4) is 11.3 Å². The van der Waals surface area contributed by atoms with Gasteiger partial charge in [0.1, 0.15) is 17.1 Å². The van der Waals surface area contributed by atoms with E-state index in [2.05, 4.69) is 15.5 Å². The molecule has 0 fully saturated rings. The number of carboxylic acids is 1. The van der Waals surface area contributed by atoms with Crippen molar-refractivity contribution >= 4 is 23.0 Å². The number of hydrogen-bond donors (Lipinski definition) is 2. The van der Waals surface area contributed by atoms with Crippen molar-refractivity contribution in [2.45, 2.75) is 46.6 Å². The first-order valence-electron chi connectivity index (χ1n) is 8.56. The minimum Gasteiger partial charge on any atom is -0.480 e. The third-order valence-corrected chi connectivity index (χ3v) is 4.75. The normalized spacial score (nSPS) is 13.5. The topological polar surface area (TPSA) is 118 Å². The zero-order chi connectivity index (χ0) is 19.9. The van der Waals surface area contributed by atoms with Gasteiger partial charge in [0.15, 0.2) is 0 Å². The van der Waals surface area contributed by atoms with Gasteiger partial charge in [0, 0.05) is 5.56 Å². The number of rotatable bonds is 5. The van der Waals surface area contributed by atoms with Gasteiger partial charge < -0.3 is 19.4 Å². The van der Waals surface area contributed by atoms with Crippen LogP contribution in [0.15, 0.2) is 21.1 Å². The quantitative estimate of drug-likeness (QED) is 0.705. The highest BCUT2D eigenvalue weighted by Crippen LogP contribution is 2.30. The number of nitrogens with one attached hydrogen (secondary N) is 1. The lowest BCUT2D eigenvalue weighted by Gasteiger charge is -2.24. The smallest absolute Gasteiger partial charge is 0.329 e. The molecule has 0 saturated carbocycles. The van der Waals surface area contributed by atoms with Gasteiger partial charge in [-0.3, -0.25) is 4.79 Å². The second kappa shape index (κ2) is 6.53. The maximum absolute atomic E-state index is 13.0. The Hall–Kier alpha value is -3.16. The molecular weight excluding hydrogens is 350 g/mol. The van der Waals surface area contributed by atoms with Gasteiger partial charge in [-0.1, -0.05) is 12.1 Å². The average molecular weight is 371 g/mol. The van der Waals surface area contributed by atoms with Crippen molar-refractivity contribution in [1.29, 1.82) is 0 Å². The van der Waals surface area contributed by atoms with Crippen molar-refractivity contribution in [3.05, 3.63) is 34.9 Å². The maximum Gasteiger partial charge on any atom is 0.329 e. The molecule has 3 heterocycles. The summed E-state index contributed by atoms with van der Waals surface area (Å²) in [5.41, 5.74) is 0.804. The minimum atomic E-state index is -1.39. The molecule has 3 aromatic rings. The second-order valence-electron chi connectivity index (χ2n) is 6.78. The van der Waals surface area contributed by atoms with E-state index in [1.165, 1.54) is 6.92 Å². The number of carboxylic acid groups (broad SMARTS) is 1. The highest BCUT2D eigenvalue weighted by molar-refractivity contribution is 6.08. The molecule has 27 heavy (non-hydrogen) atoms. The number of aromatic nitrogens is 2. The standard InChI is InChI=1S/C19H21N3O5/c1-6-19(5,18(24)25)21-16(23)13-8-14(12-7-9(2)26-11(12)4)20-17-15(13)10(3)22-27-17/h7-8H,6H2,1-5H3,(H,21,23)(H,24,25). The van der Waals surface area contributed by atoms with E-state index >= 15 is 0 Å². The Morgan fingerprint density at radius 3 is 2.52 bits per heavy atom. The van der Waals surface area contributed by atoms with Crippen LogP contribution in [-0.4, -0.2) is 32.7 Å². The molecule has 1 amide bonds. The first-order valence-corrected chi connectivity index (χ1v) is 8.56. The van der Waals surface area contributed by atoms with E-state index in [4.69, 9.17) is 8.94 Å². The summed E-state index contributed by atoms with van der Waals surface area (Å²) in [6.07, 6.45) is 0.234. The van der Waals surface area contributed by atoms with Crippen molar-refractivity contribution < 1.29 is 23.6 Å². The van der Waals surface area contributed by atoms with Gasteiger partial charge >= 0.3 is 5.97 Å². The van der Waals surface area contributed by atoms with Crippen LogP contribution in [0, 0.1) is 20.8 Å². The van der Waals surface area contributed by atoms with Crippen molar-refractivity contribution in [3.63, 3.8) is 0 Å². The van der Waals surface area contributed by atoms with E-state index in [9.17, 15) is 14.7 Å². The van der Waals surface area contributed by atoms with Crippen LogP contribution >= 0.6 is 0 Å². The number of aryl methyl sites for hydroxylation is 3. The third-order valence-electron chi connectivity index (χ3n) is 4.75. The van der Waals surface area contributed by atoms with E-state index in [-0.39, 0.29) is 17.7 Å². The Bertz CT molecular complexity index is 1050. The van der Waals surface area contributed by atoms with Gasteiger partial charge in [0.05, 0.1) is 22.3 Å². The Kier molecular flexibility index (Phi) is 4.51. The van der Waals surface area contributed by atoms with Crippen LogP contribution in [0.2, 0.25) is 0 Å². The van der Waals surface area contributed by atoms with E-state index in [0.717, 1.165) is 5.56 Å². The molecule has 3 aromatic heterocycles. The number of hydrogen-bond acceptors (Lipinski definition) is 6. The SMILES string of the molecule is CCC(C)(NC(=O)c1cc(-c2cc(C)oc2C)nc2onc(C)c12)C(=O)O. The minimum absolute atomic E-state index is 0.210. The summed E-state index contributed by atoms with van der Waals surface area (Å²) in [4.78, 5) is 29.0. The zero-order valence-electron chi connectivity index (χ0n) is 15.8. The summed E-state index contributed by atoms with van der Waals surface area (Å²) in [5, 5.41) is 16.4. The van der Waals surface area contributed by atoms with Crippen LogP contribution in [0.1, 0.15) is 47.8 Å². The molecule has 8 nitrogen and oxygen atoms in total. The van der Waals surface area contributed by atoms with Gasteiger partial charge in [0.2, 0.25) is 0 Å². The van der Waals surface area contributed by atoms with E-state index in [1.807, 2.05) is 13.0 Å². The van der Waals surface area contributed by atoms with Crippen LogP contribution in [0.5, 0.6) is 0 Å². The molecule has 0 bridgehead atoms. The average Bonchev–Trinajstić information content (AvgIpc) is 3.15. The zero-order valence-corrected chi connectivity index (χ0v) is 15.8. The van der Waals surface area contributed by atoms with Crippen molar-refractivity contribution in [2.75, 3.05) is 0 Å². The lowest BCUT2D eigenvalue weighted by molar-refractivity contribution is -0.143. The fraction of sp³-hybridized carbons (Fsp3) is 0.368. The number of nitrogens with zero attached hydrogens (tertiary/aromatic N) is 2. The molecule has 0 aliphatic heterocycles. The molecule has 0 aromatic carbocycles. The number of furan rings is 1. The summed E-state index contributed by atoms with van der Waals surface area (Å²) < 4.78 is 10.8. The van der Waals surface area contributed by atoms with Crippen LogP contribution in [0.3, 0.4) is 0 Å². The molecule has 3 rings (SSSR count). The number of fused-ring (bicyclic) bond motifs is 1.